The summed E-state index contributed by atoms with van der Waals surface area (Å²) < 4.78 is 5.34. The van der Waals surface area contributed by atoms with E-state index in [1.54, 1.807) is 24.3 Å². The van der Waals surface area contributed by atoms with E-state index in [0.717, 1.165) is 35.9 Å². The van der Waals surface area contributed by atoms with E-state index in [1.165, 1.54) is 36.4 Å². The van der Waals surface area contributed by atoms with Crippen LogP contribution in [0.25, 0.3) is 0 Å². The van der Waals surface area contributed by atoms with Gasteiger partial charge in [-0.2, -0.15) is 5.01 Å². The molecule has 0 saturated carbocycles. The van der Waals surface area contributed by atoms with Gasteiger partial charge in [0, 0.05) is 29.3 Å². The Morgan fingerprint density at radius 2 is 1.36 bits per heavy atom. The topological polar surface area (TPSA) is 187 Å². The fourth-order valence-electron chi connectivity index (χ4n) is 4.53. The lowest BCUT2D eigenvalue weighted by molar-refractivity contribution is -0.385. The molecule has 5 rings (SSSR count). The highest BCUT2D eigenvalue weighted by Gasteiger charge is 2.46. The van der Waals surface area contributed by atoms with Crippen LogP contribution < -0.4 is 4.74 Å². The van der Waals surface area contributed by atoms with Crippen molar-refractivity contribution in [1.29, 1.82) is 0 Å². The summed E-state index contributed by atoms with van der Waals surface area (Å²) in [7, 11) is 0. The van der Waals surface area contributed by atoms with E-state index < -0.39 is 57.1 Å². The zero-order chi connectivity index (χ0) is 32.4. The number of nitrogens with zero attached hydrogens (tertiary/aromatic N) is 4. The van der Waals surface area contributed by atoms with E-state index in [-0.39, 0.29) is 28.1 Å². The molecule has 0 bridgehead atoms. The number of amides is 3. The molecule has 0 unspecified atom stereocenters. The van der Waals surface area contributed by atoms with Crippen LogP contribution in [0.1, 0.15) is 57.4 Å². The smallest absolute Gasteiger partial charge is 0.343 e. The van der Waals surface area contributed by atoms with Crippen molar-refractivity contribution in [1.82, 2.24) is 10.0 Å². The Bertz CT molecular complexity index is 1900. The summed E-state index contributed by atoms with van der Waals surface area (Å²) in [6, 6.07) is 19.6. The summed E-state index contributed by atoms with van der Waals surface area (Å²) in [5, 5.41) is 23.5. The number of rotatable bonds is 9. The minimum absolute atomic E-state index is 0.00854. The van der Waals surface area contributed by atoms with Crippen LogP contribution in [-0.4, -0.2) is 55.9 Å². The highest BCUT2D eigenvalue weighted by atomic mass is 16.6. The molecule has 0 aliphatic carbocycles. The van der Waals surface area contributed by atoms with E-state index in [2.05, 4.69) is 0 Å². The summed E-state index contributed by atoms with van der Waals surface area (Å²) in [6.07, 6.45) is 0. The molecule has 1 heterocycles. The van der Waals surface area contributed by atoms with Crippen molar-refractivity contribution in [2.75, 3.05) is 6.54 Å². The first-order valence-electron chi connectivity index (χ1n) is 13.1. The van der Waals surface area contributed by atoms with Gasteiger partial charge in [-0.1, -0.05) is 23.8 Å². The molecule has 0 N–H and O–H groups in total. The monoisotopic (exact) mass is 608 g/mol. The number of ketones is 1. The first kappa shape index (κ1) is 29.9. The Kier molecular flexibility index (Phi) is 7.95. The number of benzene rings is 4. The number of fused-ring (bicyclic) bond motifs is 1. The van der Waals surface area contributed by atoms with Gasteiger partial charge in [0.25, 0.3) is 29.1 Å². The van der Waals surface area contributed by atoms with E-state index in [9.17, 15) is 44.2 Å². The highest BCUT2D eigenvalue weighted by Crippen LogP contribution is 2.32. The lowest BCUT2D eigenvalue weighted by Crippen LogP contribution is -2.51. The van der Waals surface area contributed by atoms with Gasteiger partial charge in [0.05, 0.1) is 21.0 Å². The second kappa shape index (κ2) is 12.0. The van der Waals surface area contributed by atoms with Crippen LogP contribution in [0.4, 0.5) is 11.4 Å². The molecule has 45 heavy (non-hydrogen) atoms. The number of carbonyl (C=O) groups excluding carboxylic acids is 5. The summed E-state index contributed by atoms with van der Waals surface area (Å²) in [5.74, 6) is -4.62. The Morgan fingerprint density at radius 3 is 1.96 bits per heavy atom. The Morgan fingerprint density at radius 1 is 0.756 bits per heavy atom. The van der Waals surface area contributed by atoms with Gasteiger partial charge >= 0.3 is 5.97 Å². The number of esters is 1. The average Bonchev–Trinajstić information content (AvgIpc) is 3.29. The number of non-ortho nitro benzene ring substituents is 1. The number of nitro groups is 2. The van der Waals surface area contributed by atoms with Gasteiger partial charge in [0.1, 0.15) is 17.9 Å². The molecule has 0 fully saturated rings. The number of hydrazine groups is 1. The van der Waals surface area contributed by atoms with Gasteiger partial charge in [0.2, 0.25) is 0 Å². The zero-order valence-corrected chi connectivity index (χ0v) is 23.2. The van der Waals surface area contributed by atoms with Crippen molar-refractivity contribution < 1.29 is 38.6 Å². The second-order valence-corrected chi connectivity index (χ2v) is 9.75. The van der Waals surface area contributed by atoms with Gasteiger partial charge < -0.3 is 4.74 Å². The predicted octanol–water partition coefficient (Wildman–Crippen LogP) is 4.57. The maximum Gasteiger partial charge on any atom is 0.343 e. The van der Waals surface area contributed by atoms with Gasteiger partial charge in [-0.3, -0.25) is 39.4 Å². The number of ether oxygens (including phenoxy) is 1. The van der Waals surface area contributed by atoms with Gasteiger partial charge in [0.15, 0.2) is 5.78 Å². The Labute approximate surface area is 253 Å². The first-order valence-corrected chi connectivity index (χ1v) is 13.1. The van der Waals surface area contributed by atoms with Crippen molar-refractivity contribution in [3.8, 4) is 5.75 Å². The van der Waals surface area contributed by atoms with Crippen molar-refractivity contribution in [3.05, 3.63) is 145 Å². The minimum Gasteiger partial charge on any atom is -0.423 e. The molecule has 0 aromatic heterocycles. The normalized spacial score (nSPS) is 12.0. The lowest BCUT2D eigenvalue weighted by atomic mass is 10.1. The minimum atomic E-state index is -1.20. The maximum absolute atomic E-state index is 13.6. The van der Waals surface area contributed by atoms with Crippen LogP contribution in [0, 0.1) is 27.2 Å². The van der Waals surface area contributed by atoms with Crippen LogP contribution in [0.2, 0.25) is 0 Å². The Balaban J connectivity index is 1.44. The van der Waals surface area contributed by atoms with Crippen molar-refractivity contribution in [2.45, 2.75) is 6.92 Å². The Hall–Kier alpha value is -6.57. The fourth-order valence-corrected chi connectivity index (χ4v) is 4.53. The molecule has 1 aliphatic heterocycles. The average molecular weight is 609 g/mol. The third-order valence-corrected chi connectivity index (χ3v) is 6.84. The molecular formula is C31H20N4O10. The molecule has 14 heteroatoms. The molecule has 4 aromatic carbocycles. The number of carbonyl (C=O) groups is 5. The van der Waals surface area contributed by atoms with E-state index in [4.69, 9.17) is 4.74 Å². The standard InChI is InChI=1S/C31H20N4O10/c1-18-5-7-21(8-6-18)31(40)45-23-15-11-19(12-16-23)26(36)17-32(28(37)20-9-13-22(14-10-20)34(41)42)33-29(38)24-3-2-4-25(35(43)44)27(24)30(33)39/h2-16H,17H2,1H3. The van der Waals surface area contributed by atoms with Crippen molar-refractivity contribution >= 4 is 40.8 Å². The molecule has 0 atom stereocenters. The molecule has 224 valence electrons. The lowest BCUT2D eigenvalue weighted by Gasteiger charge is -2.29. The summed E-state index contributed by atoms with van der Waals surface area (Å²) in [4.78, 5) is 87.3. The highest BCUT2D eigenvalue weighted by molar-refractivity contribution is 6.24. The van der Waals surface area contributed by atoms with Crippen LogP contribution >= 0.6 is 0 Å². The summed E-state index contributed by atoms with van der Waals surface area (Å²) in [5.41, 5.74) is -0.847. The third kappa shape index (κ3) is 5.87. The molecule has 4 aromatic rings. The van der Waals surface area contributed by atoms with Crippen LogP contribution in [0.5, 0.6) is 5.75 Å². The van der Waals surface area contributed by atoms with Crippen molar-refractivity contribution in [3.63, 3.8) is 0 Å². The molecule has 0 saturated heterocycles. The molecule has 1 aliphatic rings. The van der Waals surface area contributed by atoms with Crippen LogP contribution in [0.3, 0.4) is 0 Å². The predicted molar refractivity (Wildman–Crippen MR) is 155 cm³/mol. The summed E-state index contributed by atoms with van der Waals surface area (Å²) >= 11 is 0. The molecular weight excluding hydrogens is 588 g/mol. The molecule has 0 radical (unpaired) electrons. The van der Waals surface area contributed by atoms with Gasteiger partial charge in [-0.15, -0.1) is 0 Å². The third-order valence-electron chi connectivity index (χ3n) is 6.84. The SMILES string of the molecule is Cc1ccc(C(=O)Oc2ccc(C(=O)CN(C(=O)c3ccc([N+](=O)[O-])cc3)N3C(=O)c4cccc([N+](=O)[O-])c4C3=O)cc2)cc1. The summed E-state index contributed by atoms with van der Waals surface area (Å²) in [6.45, 7) is 0.987. The number of aryl methyl sites for hydroxylation is 1. The maximum atomic E-state index is 13.6. The largest absolute Gasteiger partial charge is 0.423 e. The fraction of sp³-hybridized carbons (Fsp3) is 0.0645. The molecule has 14 nitrogen and oxygen atoms in total. The zero-order valence-electron chi connectivity index (χ0n) is 23.2. The first-order chi connectivity index (χ1) is 21.5. The van der Waals surface area contributed by atoms with E-state index in [0.29, 0.717) is 15.6 Å². The molecule has 3 amide bonds. The number of imide groups is 1. The van der Waals surface area contributed by atoms with Crippen molar-refractivity contribution in [2.24, 2.45) is 0 Å². The quantitative estimate of drug-likeness (QED) is 0.0650. The molecule has 0 spiro atoms. The number of Topliss-reactive ketones (excluding diaryl/α,β-unsaturated/α-hetero) is 1. The van der Waals surface area contributed by atoms with E-state index >= 15 is 0 Å². The van der Waals surface area contributed by atoms with E-state index in [1.807, 2.05) is 6.92 Å². The van der Waals surface area contributed by atoms with Crippen LogP contribution in [-0.2, 0) is 0 Å². The van der Waals surface area contributed by atoms with Gasteiger partial charge in [-0.25, -0.2) is 9.80 Å². The number of nitro benzene ring substituents is 2. The second-order valence-electron chi connectivity index (χ2n) is 9.75. The number of hydrogen-bond acceptors (Lipinski definition) is 10. The number of hydrogen-bond donors (Lipinski definition) is 0. The van der Waals surface area contributed by atoms with Crippen LogP contribution in [0.15, 0.2) is 91.0 Å². The van der Waals surface area contributed by atoms with Gasteiger partial charge in [-0.05, 0) is 61.5 Å².